The zero-order valence-corrected chi connectivity index (χ0v) is 14.1. The van der Waals surface area contributed by atoms with Gasteiger partial charge in [0.2, 0.25) is 5.95 Å². The van der Waals surface area contributed by atoms with Crippen molar-refractivity contribution >= 4 is 18.1 Å². The number of hydrogen-bond acceptors (Lipinski definition) is 5. The van der Waals surface area contributed by atoms with Crippen LogP contribution >= 0.6 is 0 Å². The Labute approximate surface area is 152 Å². The highest BCUT2D eigenvalue weighted by molar-refractivity contribution is 5.53. The molecule has 1 saturated carbocycles. The molecular formula is C17H18F4N4O2. The maximum atomic E-state index is 13.2. The van der Waals surface area contributed by atoms with Gasteiger partial charge >= 0.3 is 6.18 Å². The standard InChI is InChI=1S/C16H16F4N4.CH2O2/c17-12-2-1-3-13(6-12)23-15-22-9-11(8-21-7-10-4-5-10)14(24-15)16(18,19)20;2-1-3/h1-3,6,9-10,21H,4-5,7-8H2,(H,22,23,24);1H,(H,2,3). The Morgan fingerprint density at radius 2 is 2.00 bits per heavy atom. The highest BCUT2D eigenvalue weighted by Gasteiger charge is 2.36. The second-order valence-electron chi connectivity index (χ2n) is 5.88. The predicted octanol–water partition coefficient (Wildman–Crippen LogP) is 3.58. The molecule has 1 aliphatic rings. The molecule has 1 fully saturated rings. The monoisotopic (exact) mass is 386 g/mol. The summed E-state index contributed by atoms with van der Waals surface area (Å²) >= 11 is 0. The molecule has 0 atom stereocenters. The van der Waals surface area contributed by atoms with E-state index in [1.165, 1.54) is 18.2 Å². The number of aromatic nitrogens is 2. The van der Waals surface area contributed by atoms with Crippen molar-refractivity contribution in [2.24, 2.45) is 5.92 Å². The lowest BCUT2D eigenvalue weighted by atomic mass is 10.2. The van der Waals surface area contributed by atoms with Crippen LogP contribution in [0.3, 0.4) is 0 Å². The zero-order valence-electron chi connectivity index (χ0n) is 14.1. The van der Waals surface area contributed by atoms with Gasteiger partial charge in [0.1, 0.15) is 5.82 Å². The van der Waals surface area contributed by atoms with E-state index in [-0.39, 0.29) is 30.2 Å². The number of anilines is 2. The second kappa shape index (κ2) is 9.26. The zero-order chi connectivity index (χ0) is 19.9. The number of carbonyl (C=O) groups is 1. The summed E-state index contributed by atoms with van der Waals surface area (Å²) < 4.78 is 52.8. The largest absolute Gasteiger partial charge is 0.483 e. The quantitative estimate of drug-likeness (QED) is 0.520. The van der Waals surface area contributed by atoms with E-state index in [2.05, 4.69) is 20.6 Å². The number of hydrogen-bond donors (Lipinski definition) is 3. The molecule has 6 nitrogen and oxygen atoms in total. The van der Waals surface area contributed by atoms with E-state index in [4.69, 9.17) is 9.90 Å². The van der Waals surface area contributed by atoms with Crippen LogP contribution in [-0.4, -0.2) is 28.1 Å². The number of nitrogens with one attached hydrogen (secondary N) is 2. The van der Waals surface area contributed by atoms with Crippen LogP contribution in [0.25, 0.3) is 0 Å². The fourth-order valence-electron chi connectivity index (χ4n) is 2.27. The summed E-state index contributed by atoms with van der Waals surface area (Å²) in [6.45, 7) is 0.506. The van der Waals surface area contributed by atoms with Crippen molar-refractivity contribution < 1.29 is 27.5 Å². The van der Waals surface area contributed by atoms with Crippen LogP contribution in [0.15, 0.2) is 30.5 Å². The molecule has 0 aliphatic heterocycles. The fraction of sp³-hybridized carbons (Fsp3) is 0.353. The van der Waals surface area contributed by atoms with Crippen LogP contribution in [0.2, 0.25) is 0 Å². The predicted molar refractivity (Wildman–Crippen MR) is 89.8 cm³/mol. The topological polar surface area (TPSA) is 87.1 Å². The number of carboxylic acid groups (broad SMARTS) is 1. The lowest BCUT2D eigenvalue weighted by Gasteiger charge is -2.14. The van der Waals surface area contributed by atoms with Crippen molar-refractivity contribution in [2.45, 2.75) is 25.6 Å². The van der Waals surface area contributed by atoms with Gasteiger partial charge in [-0.2, -0.15) is 13.2 Å². The first-order valence-electron chi connectivity index (χ1n) is 8.07. The van der Waals surface area contributed by atoms with Gasteiger partial charge in [-0.05, 0) is 43.5 Å². The first kappa shape index (κ1) is 20.6. The van der Waals surface area contributed by atoms with Crippen LogP contribution in [0.5, 0.6) is 0 Å². The minimum atomic E-state index is -4.59. The second-order valence-corrected chi connectivity index (χ2v) is 5.88. The summed E-state index contributed by atoms with van der Waals surface area (Å²) in [6.07, 6.45) is -1.20. The molecule has 0 saturated heterocycles. The van der Waals surface area contributed by atoms with Gasteiger partial charge in [-0.25, -0.2) is 14.4 Å². The van der Waals surface area contributed by atoms with Crippen LogP contribution in [-0.2, 0) is 17.5 Å². The van der Waals surface area contributed by atoms with E-state index in [0.29, 0.717) is 12.5 Å². The summed E-state index contributed by atoms with van der Waals surface area (Å²) in [5.74, 6) is -0.162. The highest BCUT2D eigenvalue weighted by atomic mass is 19.4. The van der Waals surface area contributed by atoms with E-state index in [1.54, 1.807) is 0 Å². The lowest BCUT2D eigenvalue weighted by molar-refractivity contribution is -0.141. The number of nitrogens with zero attached hydrogens (tertiary/aromatic N) is 2. The van der Waals surface area contributed by atoms with Crippen LogP contribution in [0.4, 0.5) is 29.2 Å². The average molecular weight is 386 g/mol. The molecule has 10 heteroatoms. The summed E-state index contributed by atoms with van der Waals surface area (Å²) in [4.78, 5) is 15.8. The number of halogens is 4. The molecule has 0 amide bonds. The molecule has 27 heavy (non-hydrogen) atoms. The Kier molecular flexibility index (Phi) is 7.05. The summed E-state index contributed by atoms with van der Waals surface area (Å²) in [7, 11) is 0. The Hall–Kier alpha value is -2.75. The number of alkyl halides is 3. The van der Waals surface area contributed by atoms with Crippen LogP contribution < -0.4 is 10.6 Å². The molecule has 3 rings (SSSR count). The van der Waals surface area contributed by atoms with E-state index in [0.717, 1.165) is 25.1 Å². The summed E-state index contributed by atoms with van der Waals surface area (Å²) in [6, 6.07) is 5.35. The number of rotatable bonds is 6. The third-order valence-corrected chi connectivity index (χ3v) is 3.66. The van der Waals surface area contributed by atoms with Gasteiger partial charge in [-0.3, -0.25) is 4.79 Å². The van der Waals surface area contributed by atoms with E-state index in [9.17, 15) is 17.6 Å². The first-order chi connectivity index (χ1) is 12.8. The molecule has 1 heterocycles. The van der Waals surface area contributed by atoms with Gasteiger partial charge in [0.25, 0.3) is 6.47 Å². The van der Waals surface area contributed by atoms with Gasteiger partial charge < -0.3 is 15.7 Å². The van der Waals surface area contributed by atoms with Gasteiger partial charge in [-0.1, -0.05) is 6.07 Å². The smallest absolute Gasteiger partial charge is 0.433 e. The van der Waals surface area contributed by atoms with Gasteiger partial charge in [0, 0.05) is 24.0 Å². The normalized spacial score (nSPS) is 13.5. The Balaban J connectivity index is 0.000000817. The van der Waals surface area contributed by atoms with E-state index in [1.807, 2.05) is 0 Å². The first-order valence-corrected chi connectivity index (χ1v) is 8.07. The molecule has 146 valence electrons. The third-order valence-electron chi connectivity index (χ3n) is 3.66. The van der Waals surface area contributed by atoms with Crippen molar-refractivity contribution in [3.8, 4) is 0 Å². The molecule has 0 unspecified atom stereocenters. The average Bonchev–Trinajstić information content (AvgIpc) is 3.40. The van der Waals surface area contributed by atoms with Crippen LogP contribution in [0, 0.1) is 11.7 Å². The SMILES string of the molecule is Fc1cccc(Nc2ncc(CNCC3CC3)c(C(F)(F)F)n2)c1.O=CO. The highest BCUT2D eigenvalue weighted by Crippen LogP contribution is 2.32. The van der Waals surface area contributed by atoms with Crippen LogP contribution in [0.1, 0.15) is 24.1 Å². The van der Waals surface area contributed by atoms with Crippen molar-refractivity contribution in [1.29, 1.82) is 0 Å². The fourth-order valence-corrected chi connectivity index (χ4v) is 2.27. The minimum absolute atomic E-state index is 0.00653. The molecule has 1 aromatic carbocycles. The maximum absolute atomic E-state index is 13.2. The van der Waals surface area contributed by atoms with Crippen molar-refractivity contribution in [2.75, 3.05) is 11.9 Å². The molecule has 0 spiro atoms. The maximum Gasteiger partial charge on any atom is 0.433 e. The van der Waals surface area contributed by atoms with Gasteiger partial charge in [0.15, 0.2) is 5.69 Å². The van der Waals surface area contributed by atoms with Crippen molar-refractivity contribution in [1.82, 2.24) is 15.3 Å². The summed E-state index contributed by atoms with van der Waals surface area (Å²) in [5, 5.41) is 12.5. The molecule has 2 aromatic rings. The Bertz CT molecular complexity index is 767. The minimum Gasteiger partial charge on any atom is -0.483 e. The Morgan fingerprint density at radius 3 is 2.59 bits per heavy atom. The third kappa shape index (κ3) is 6.81. The molecule has 1 aromatic heterocycles. The van der Waals surface area contributed by atoms with Gasteiger partial charge in [-0.15, -0.1) is 0 Å². The molecular weight excluding hydrogens is 368 g/mol. The van der Waals surface area contributed by atoms with E-state index >= 15 is 0 Å². The molecule has 0 bridgehead atoms. The molecule has 0 radical (unpaired) electrons. The summed E-state index contributed by atoms with van der Waals surface area (Å²) in [5.41, 5.74) is -0.713. The molecule has 3 N–H and O–H groups in total. The molecule has 1 aliphatic carbocycles. The van der Waals surface area contributed by atoms with Gasteiger partial charge in [0.05, 0.1) is 0 Å². The lowest BCUT2D eigenvalue weighted by Crippen LogP contribution is -2.21. The Morgan fingerprint density at radius 1 is 1.30 bits per heavy atom. The van der Waals surface area contributed by atoms with Crippen molar-refractivity contribution in [3.63, 3.8) is 0 Å². The van der Waals surface area contributed by atoms with E-state index < -0.39 is 17.7 Å². The van der Waals surface area contributed by atoms with Crippen molar-refractivity contribution in [3.05, 3.63) is 47.5 Å². The number of benzene rings is 1.